The zero-order chi connectivity index (χ0) is 3.58. The number of hydrogen-bond acceptors (Lipinski definition) is 1. The average Bonchev–Trinajstić information content (AvgIpc) is 0.811. The summed E-state index contributed by atoms with van der Waals surface area (Å²) in [6.45, 7) is 0. The monoisotopic (exact) mass is 198 g/mol. The Balaban J connectivity index is -0.0000000450. The zero-order valence-electron chi connectivity index (χ0n) is 2.16. The molecule has 0 amide bonds. The molecule has 2 N–H and O–H groups in total. The fourth-order valence-corrected chi connectivity index (χ4v) is 0. The first kappa shape index (κ1) is 15.8. The van der Waals surface area contributed by atoms with Gasteiger partial charge in [0, 0.05) is 17.1 Å². The maximum Gasteiger partial charge on any atom is 0 e. The summed E-state index contributed by atoms with van der Waals surface area (Å²) in [7, 11) is 0. The minimum atomic E-state index is -3.58. The van der Waals surface area contributed by atoms with Gasteiger partial charge >= 0.3 is 27.2 Å². The Morgan fingerprint density at radius 1 is 1.33 bits per heavy atom. The topological polar surface area (TPSA) is 57.5 Å². The van der Waals surface area contributed by atoms with Gasteiger partial charge in [0.15, 0.2) is 0 Å². The molecule has 0 aromatic heterocycles. The van der Waals surface area contributed by atoms with Gasteiger partial charge in [-0.2, -0.15) is 0 Å². The van der Waals surface area contributed by atoms with Crippen molar-refractivity contribution in [1.29, 1.82) is 0 Å². The predicted octanol–water partition coefficient (Wildman–Crippen LogP) is -1.25. The average molecular weight is 198 g/mol. The van der Waals surface area contributed by atoms with E-state index in [1.807, 2.05) is 0 Å². The molecule has 5 heteroatoms. The van der Waals surface area contributed by atoms with Crippen molar-refractivity contribution in [3.05, 3.63) is 0 Å². The van der Waals surface area contributed by atoms with Gasteiger partial charge in [-0.3, -0.25) is 0 Å². The molecule has 0 aliphatic carbocycles. The molecule has 0 spiro atoms. The van der Waals surface area contributed by atoms with Crippen molar-refractivity contribution in [1.82, 2.24) is 0 Å². The molecular weight excluding hydrogens is 191 g/mol. The molecular formula is CH7AsFeO3. The van der Waals surface area contributed by atoms with Gasteiger partial charge in [0.05, 0.1) is 0 Å². The van der Waals surface area contributed by atoms with E-state index in [-0.39, 0.29) is 24.5 Å². The number of rotatable bonds is 0. The molecule has 0 unspecified atom stereocenters. The van der Waals surface area contributed by atoms with Crippen LogP contribution in [-0.2, 0) is 20.8 Å². The van der Waals surface area contributed by atoms with Crippen LogP contribution in [0.5, 0.6) is 0 Å². The summed E-state index contributed by atoms with van der Waals surface area (Å²) in [6.07, 6.45) is 0. The van der Waals surface area contributed by atoms with Gasteiger partial charge in [-0.15, -0.1) is 0 Å². The molecule has 0 fully saturated rings. The van der Waals surface area contributed by atoms with Crippen LogP contribution in [0.15, 0.2) is 0 Å². The molecule has 0 aliphatic rings. The van der Waals surface area contributed by atoms with E-state index in [1.54, 1.807) is 0 Å². The molecule has 0 aromatic rings. The van der Waals surface area contributed by atoms with Crippen molar-refractivity contribution in [2.24, 2.45) is 0 Å². The summed E-state index contributed by atoms with van der Waals surface area (Å²) >= 11 is -3.58. The summed E-state index contributed by atoms with van der Waals surface area (Å²) < 4.78 is 23.2. The van der Waals surface area contributed by atoms with Crippen molar-refractivity contribution >= 4 is 15.3 Å². The van der Waals surface area contributed by atoms with Crippen LogP contribution in [0.2, 0.25) is 0 Å². The largest absolute Gasteiger partial charge is 0 e. The molecule has 0 bridgehead atoms. The second-order valence-corrected chi connectivity index (χ2v) is 1.47. The van der Waals surface area contributed by atoms with Gasteiger partial charge in [0.2, 0.25) is 0 Å². The first-order valence-corrected chi connectivity index (χ1v) is 3.38. The maximum atomic E-state index is 8.81. The van der Waals surface area contributed by atoms with Gasteiger partial charge in [-0.1, -0.05) is 7.43 Å². The van der Waals surface area contributed by atoms with Gasteiger partial charge < -0.3 is 0 Å². The second kappa shape index (κ2) is 9.25. The molecule has 0 aliphatic heterocycles. The standard InChI is InChI=1S/CH4.AsH3O3.Fe/c;2-1(3)4;/h1H4;1H,(H2,2,3,4);. The maximum absolute atomic E-state index is 8.81. The fraction of sp³-hybridized carbons (Fsp3) is 1.00. The Bertz CT molecular complexity index is 33.8. The van der Waals surface area contributed by atoms with E-state index in [2.05, 4.69) is 0 Å². The van der Waals surface area contributed by atoms with Crippen LogP contribution in [0.25, 0.3) is 0 Å². The third kappa shape index (κ3) is 109. The molecule has 0 saturated heterocycles. The quantitative estimate of drug-likeness (QED) is 0.478. The zero-order valence-corrected chi connectivity index (χ0v) is 5.36. The van der Waals surface area contributed by atoms with Crippen molar-refractivity contribution in [2.75, 3.05) is 0 Å². The van der Waals surface area contributed by atoms with E-state index in [0.717, 1.165) is 0 Å². The van der Waals surface area contributed by atoms with Crippen LogP contribution >= 0.6 is 0 Å². The van der Waals surface area contributed by atoms with Crippen LogP contribution in [0, 0.1) is 0 Å². The molecule has 0 rings (SSSR count). The van der Waals surface area contributed by atoms with E-state index in [4.69, 9.17) is 11.9 Å². The van der Waals surface area contributed by atoms with Crippen LogP contribution in [-0.4, -0.2) is 23.5 Å². The summed E-state index contributed by atoms with van der Waals surface area (Å²) in [5.41, 5.74) is 0. The van der Waals surface area contributed by atoms with Crippen molar-refractivity contribution in [2.45, 2.75) is 7.43 Å². The molecule has 0 heterocycles. The predicted molar refractivity (Wildman–Crippen MR) is 19.0 cm³/mol. The normalized spacial score (nSPS) is 5.83. The summed E-state index contributed by atoms with van der Waals surface area (Å²) in [5.74, 6) is 0. The third-order valence-corrected chi connectivity index (χ3v) is 0. The third-order valence-electron chi connectivity index (χ3n) is 0. The Morgan fingerprint density at radius 2 is 1.33 bits per heavy atom. The van der Waals surface area contributed by atoms with E-state index < -0.39 is 15.3 Å². The Hall–Kier alpha value is 0.798. The van der Waals surface area contributed by atoms with Gasteiger partial charge in [-0.05, 0) is 0 Å². The molecule has 0 saturated carbocycles. The molecule has 6 heavy (non-hydrogen) atoms. The smallest absolute Gasteiger partial charge is 0 e. The molecule has 0 aromatic carbocycles. The summed E-state index contributed by atoms with van der Waals surface area (Å²) in [5, 5.41) is 0. The molecule has 0 radical (unpaired) electrons. The van der Waals surface area contributed by atoms with Gasteiger partial charge in [-0.25, -0.2) is 0 Å². The van der Waals surface area contributed by atoms with Gasteiger partial charge in [0.25, 0.3) is 0 Å². The molecule has 3 nitrogen and oxygen atoms in total. The van der Waals surface area contributed by atoms with Crippen molar-refractivity contribution < 1.29 is 29.0 Å². The summed E-state index contributed by atoms with van der Waals surface area (Å²) in [6, 6.07) is 0. The SMILES string of the molecule is C.O=[AsH](O)O.[Fe]. The number of hydrogen-bond donors (Lipinski definition) is 2. The van der Waals surface area contributed by atoms with Crippen molar-refractivity contribution in [3.8, 4) is 0 Å². The minimum absolute atomic E-state index is 0. The Labute approximate surface area is 52.0 Å². The van der Waals surface area contributed by atoms with Gasteiger partial charge in [0.1, 0.15) is 0 Å². The first-order chi connectivity index (χ1) is 1.73. The van der Waals surface area contributed by atoms with E-state index in [1.165, 1.54) is 0 Å². The first-order valence-electron chi connectivity index (χ1n) is 0.651. The molecule has 0 atom stereocenters. The second-order valence-electron chi connectivity index (χ2n) is 0.283. The Morgan fingerprint density at radius 3 is 1.33 bits per heavy atom. The fourth-order valence-electron chi connectivity index (χ4n) is 0. The summed E-state index contributed by atoms with van der Waals surface area (Å²) in [4.78, 5) is 0. The minimum Gasteiger partial charge on any atom is 0 e. The molecule has 42 valence electrons. The van der Waals surface area contributed by atoms with Crippen LogP contribution in [0.1, 0.15) is 7.43 Å². The van der Waals surface area contributed by atoms with Crippen molar-refractivity contribution in [3.63, 3.8) is 0 Å². The van der Waals surface area contributed by atoms with Crippen LogP contribution in [0.3, 0.4) is 0 Å². The van der Waals surface area contributed by atoms with E-state index in [9.17, 15) is 0 Å². The van der Waals surface area contributed by atoms with Crippen LogP contribution < -0.4 is 0 Å². The van der Waals surface area contributed by atoms with Crippen LogP contribution in [0.4, 0.5) is 0 Å². The van der Waals surface area contributed by atoms with E-state index >= 15 is 0 Å². The van der Waals surface area contributed by atoms with E-state index in [0.29, 0.717) is 0 Å². The Kier molecular flexibility index (Phi) is 24.4.